The summed E-state index contributed by atoms with van der Waals surface area (Å²) in [6, 6.07) is 4.41. The Hall–Kier alpha value is -0.443. The van der Waals surface area contributed by atoms with Crippen LogP contribution in [0.25, 0.3) is 6.08 Å². The zero-order chi connectivity index (χ0) is 7.84. The molecule has 0 aromatic heterocycles. The molecule has 1 heteroatoms. The van der Waals surface area contributed by atoms with Crippen molar-refractivity contribution in [3.05, 3.63) is 40.5 Å². The van der Waals surface area contributed by atoms with Gasteiger partial charge in [0.25, 0.3) is 0 Å². The van der Waals surface area contributed by atoms with Gasteiger partial charge in [0.05, 0.1) is 0 Å². The molecule has 0 radical (unpaired) electrons. The van der Waals surface area contributed by atoms with Crippen LogP contribution in [0, 0.1) is 13.8 Å². The molecule has 12 heavy (non-hydrogen) atoms. The van der Waals surface area contributed by atoms with Gasteiger partial charge >= 0.3 is 18.9 Å². The van der Waals surface area contributed by atoms with Gasteiger partial charge in [0.1, 0.15) is 0 Å². The van der Waals surface area contributed by atoms with Crippen molar-refractivity contribution in [3.63, 3.8) is 0 Å². The van der Waals surface area contributed by atoms with Crippen LogP contribution in [0.2, 0.25) is 0 Å². The molecule has 1 aromatic rings. The third-order valence-corrected chi connectivity index (χ3v) is 2.42. The number of hydrogen-bond donors (Lipinski definition) is 0. The summed E-state index contributed by atoms with van der Waals surface area (Å²) >= 11 is 0. The topological polar surface area (TPSA) is 0 Å². The van der Waals surface area contributed by atoms with Crippen LogP contribution in [0.4, 0.5) is 0 Å². The molecule has 0 N–H and O–H groups in total. The van der Waals surface area contributed by atoms with E-state index in [-0.39, 0.29) is 20.3 Å². The molecule has 0 spiro atoms. The Bertz CT molecular complexity index is 329. The molecule has 58 valence electrons. The van der Waals surface area contributed by atoms with Crippen LogP contribution < -0.4 is 18.9 Å². The molecule has 0 heterocycles. The third-order valence-electron chi connectivity index (χ3n) is 2.42. The quantitative estimate of drug-likeness (QED) is 0.459. The van der Waals surface area contributed by atoms with E-state index in [1.807, 2.05) is 0 Å². The van der Waals surface area contributed by atoms with Crippen LogP contribution in [0.3, 0.4) is 0 Å². The molecule has 0 unspecified atom stereocenters. The summed E-state index contributed by atoms with van der Waals surface area (Å²) in [4.78, 5) is 0. The smallest absolute Gasteiger partial charge is 1.00 e. The largest absolute Gasteiger partial charge is 1.00 e. The molecule has 0 bridgehead atoms. The molecular formula is C11H13Li. The van der Waals surface area contributed by atoms with E-state index >= 15 is 0 Å². The van der Waals surface area contributed by atoms with Gasteiger partial charge in [-0.1, -0.05) is 24.3 Å². The minimum absolute atomic E-state index is 0. The van der Waals surface area contributed by atoms with Gasteiger partial charge in [0.2, 0.25) is 0 Å². The van der Waals surface area contributed by atoms with E-state index in [1.54, 1.807) is 0 Å². The first-order chi connectivity index (χ1) is 5.29. The minimum Gasteiger partial charge on any atom is -1.00 e. The van der Waals surface area contributed by atoms with Crippen molar-refractivity contribution in [2.45, 2.75) is 20.3 Å². The number of aryl methyl sites for hydroxylation is 2. The van der Waals surface area contributed by atoms with Crippen LogP contribution in [0.5, 0.6) is 0 Å². The second-order valence-electron chi connectivity index (χ2n) is 3.20. The molecule has 1 aliphatic rings. The van der Waals surface area contributed by atoms with Gasteiger partial charge in [-0.25, -0.2) is 0 Å². The van der Waals surface area contributed by atoms with Crippen LogP contribution in [0.1, 0.15) is 23.7 Å². The third kappa shape index (κ3) is 1.38. The Morgan fingerprint density at radius 2 is 1.83 bits per heavy atom. The first kappa shape index (κ1) is 9.64. The fourth-order valence-electron chi connectivity index (χ4n) is 1.69. The SMILES string of the molecule is Cc1ccc(C)c2c1C=CC2.[H-].[Li+]. The standard InChI is InChI=1S/C11H12.Li.H/c1-8-6-7-9(2)11-5-3-4-10(8)11;;/h3-4,6-7H,5H2,1-2H3;;/q;+1;-1. The van der Waals surface area contributed by atoms with Gasteiger partial charge in [-0.2, -0.15) is 0 Å². The molecular weight excluding hydrogens is 139 g/mol. The first-order valence-corrected chi connectivity index (χ1v) is 4.04. The van der Waals surface area contributed by atoms with Crippen molar-refractivity contribution in [1.29, 1.82) is 0 Å². The number of rotatable bonds is 0. The van der Waals surface area contributed by atoms with Gasteiger partial charge in [-0.15, -0.1) is 0 Å². The summed E-state index contributed by atoms with van der Waals surface area (Å²) < 4.78 is 0. The van der Waals surface area contributed by atoms with E-state index in [1.165, 1.54) is 22.3 Å². The van der Waals surface area contributed by atoms with E-state index in [2.05, 4.69) is 38.1 Å². The average Bonchev–Trinajstić information content (AvgIpc) is 2.45. The minimum atomic E-state index is 0. The second-order valence-corrected chi connectivity index (χ2v) is 3.20. The number of fused-ring (bicyclic) bond motifs is 1. The molecule has 2 rings (SSSR count). The molecule has 1 aliphatic carbocycles. The summed E-state index contributed by atoms with van der Waals surface area (Å²) in [6.07, 6.45) is 5.60. The summed E-state index contributed by atoms with van der Waals surface area (Å²) in [6.45, 7) is 4.36. The number of hydrogen-bond acceptors (Lipinski definition) is 0. The van der Waals surface area contributed by atoms with Crippen molar-refractivity contribution < 1.29 is 20.3 Å². The average molecular weight is 152 g/mol. The van der Waals surface area contributed by atoms with E-state index in [4.69, 9.17) is 0 Å². The maximum atomic E-state index is 2.24. The summed E-state index contributed by atoms with van der Waals surface area (Å²) in [5.74, 6) is 0. The Kier molecular flexibility index (Phi) is 2.83. The predicted octanol–water partition coefficient (Wildman–Crippen LogP) is -0.0108. The molecule has 0 nitrogen and oxygen atoms in total. The molecule has 0 saturated carbocycles. The van der Waals surface area contributed by atoms with Crippen LogP contribution in [0.15, 0.2) is 18.2 Å². The Balaban J connectivity index is 0.000000720. The Morgan fingerprint density at radius 1 is 1.17 bits per heavy atom. The van der Waals surface area contributed by atoms with Crippen LogP contribution in [-0.2, 0) is 6.42 Å². The predicted molar refractivity (Wildman–Crippen MR) is 49.8 cm³/mol. The molecule has 0 aliphatic heterocycles. The second kappa shape index (κ2) is 3.52. The fourth-order valence-corrected chi connectivity index (χ4v) is 1.69. The van der Waals surface area contributed by atoms with Crippen molar-refractivity contribution in [2.75, 3.05) is 0 Å². The zero-order valence-corrected chi connectivity index (χ0v) is 8.02. The van der Waals surface area contributed by atoms with Gasteiger partial charge < -0.3 is 1.43 Å². The van der Waals surface area contributed by atoms with Crippen molar-refractivity contribution >= 4 is 6.08 Å². The molecule has 0 amide bonds. The van der Waals surface area contributed by atoms with E-state index < -0.39 is 0 Å². The Morgan fingerprint density at radius 3 is 2.50 bits per heavy atom. The maximum Gasteiger partial charge on any atom is 1.00 e. The van der Waals surface area contributed by atoms with Gasteiger partial charge in [-0.05, 0) is 42.5 Å². The number of allylic oxidation sites excluding steroid dienone is 1. The van der Waals surface area contributed by atoms with Crippen molar-refractivity contribution in [3.8, 4) is 0 Å². The molecule has 1 aromatic carbocycles. The molecule has 0 atom stereocenters. The first-order valence-electron chi connectivity index (χ1n) is 4.04. The zero-order valence-electron chi connectivity index (χ0n) is 9.02. The van der Waals surface area contributed by atoms with Crippen LogP contribution >= 0.6 is 0 Å². The fraction of sp³-hybridized carbons (Fsp3) is 0.273. The van der Waals surface area contributed by atoms with E-state index in [9.17, 15) is 0 Å². The molecule has 0 saturated heterocycles. The summed E-state index contributed by atoms with van der Waals surface area (Å²) in [7, 11) is 0. The molecule has 0 fully saturated rings. The summed E-state index contributed by atoms with van der Waals surface area (Å²) in [5.41, 5.74) is 5.80. The Labute approximate surface area is 87.3 Å². The van der Waals surface area contributed by atoms with Crippen molar-refractivity contribution in [1.82, 2.24) is 0 Å². The maximum absolute atomic E-state index is 2.24. The van der Waals surface area contributed by atoms with Crippen LogP contribution in [-0.4, -0.2) is 0 Å². The van der Waals surface area contributed by atoms with Crippen molar-refractivity contribution in [2.24, 2.45) is 0 Å². The van der Waals surface area contributed by atoms with Gasteiger partial charge in [0.15, 0.2) is 0 Å². The van der Waals surface area contributed by atoms with Gasteiger partial charge in [-0.3, -0.25) is 0 Å². The summed E-state index contributed by atoms with van der Waals surface area (Å²) in [5, 5.41) is 0. The van der Waals surface area contributed by atoms with Gasteiger partial charge in [0, 0.05) is 0 Å². The normalized spacial score (nSPS) is 12.5. The monoisotopic (exact) mass is 152 g/mol. The van der Waals surface area contributed by atoms with E-state index in [0.717, 1.165) is 6.42 Å². The number of benzene rings is 1. The van der Waals surface area contributed by atoms with E-state index in [0.29, 0.717) is 0 Å².